The molecule has 0 aliphatic rings. The predicted molar refractivity (Wildman–Crippen MR) is 101 cm³/mol. The van der Waals surface area contributed by atoms with Gasteiger partial charge in [0, 0.05) is 12.8 Å². The van der Waals surface area contributed by atoms with Crippen molar-refractivity contribution < 1.29 is 24.0 Å². The summed E-state index contributed by atoms with van der Waals surface area (Å²) in [7, 11) is 0. The second-order valence-corrected chi connectivity index (χ2v) is 6.42. The Kier molecular flexibility index (Phi) is 8.10. The maximum atomic E-state index is 12.0. The van der Waals surface area contributed by atoms with Crippen LogP contribution in [0.15, 0.2) is 34.9 Å². The second kappa shape index (κ2) is 10.8. The van der Waals surface area contributed by atoms with E-state index in [0.717, 1.165) is 5.56 Å². The molecule has 2 atom stereocenters. The van der Waals surface area contributed by atoms with Crippen molar-refractivity contribution in [2.45, 2.75) is 44.3 Å². The highest BCUT2D eigenvalue weighted by molar-refractivity contribution is 5.82. The van der Waals surface area contributed by atoms with E-state index in [-0.39, 0.29) is 31.1 Å². The molecule has 2 aromatic rings. The summed E-state index contributed by atoms with van der Waals surface area (Å²) < 4.78 is 5.02. The Balaban J connectivity index is 1.81. The van der Waals surface area contributed by atoms with E-state index >= 15 is 0 Å². The van der Waals surface area contributed by atoms with E-state index in [0.29, 0.717) is 12.8 Å². The van der Waals surface area contributed by atoms with Crippen molar-refractivity contribution in [1.82, 2.24) is 20.8 Å². The molecule has 0 spiro atoms. The Morgan fingerprint density at radius 2 is 1.93 bits per heavy atom. The number of aromatic nitrogens is 2. The molecule has 3 amide bonds. The first-order valence-electron chi connectivity index (χ1n) is 9.02. The molecule has 0 fully saturated rings. The average Bonchev–Trinajstić information content (AvgIpc) is 3.15. The molecule has 0 radical (unpaired) electrons. The van der Waals surface area contributed by atoms with Crippen LogP contribution in [0.4, 0.5) is 4.79 Å². The van der Waals surface area contributed by atoms with Gasteiger partial charge in [0.1, 0.15) is 6.04 Å². The molecule has 11 nitrogen and oxygen atoms in total. The minimum absolute atomic E-state index is 0.0927. The van der Waals surface area contributed by atoms with Crippen LogP contribution in [0, 0.1) is 0 Å². The third kappa shape index (κ3) is 7.58. The van der Waals surface area contributed by atoms with E-state index in [4.69, 9.17) is 16.0 Å². The lowest BCUT2D eigenvalue weighted by atomic mass is 10.1. The molecule has 1 aromatic heterocycles. The zero-order valence-corrected chi connectivity index (χ0v) is 15.7. The first kappa shape index (κ1) is 21.8. The lowest BCUT2D eigenvalue weighted by molar-refractivity contribution is -0.139. The largest absolute Gasteiger partial charge is 0.480 e. The molecule has 0 aliphatic carbocycles. The van der Waals surface area contributed by atoms with Gasteiger partial charge >= 0.3 is 12.0 Å². The van der Waals surface area contributed by atoms with E-state index in [1.54, 1.807) is 24.3 Å². The molecule has 0 saturated heterocycles. The quantitative estimate of drug-likeness (QED) is 0.352. The van der Waals surface area contributed by atoms with Gasteiger partial charge < -0.3 is 31.7 Å². The molecule has 7 N–H and O–H groups in total. The maximum Gasteiger partial charge on any atom is 0.326 e. The minimum Gasteiger partial charge on any atom is -0.480 e. The topological polar surface area (TPSA) is 186 Å². The van der Waals surface area contributed by atoms with Crippen molar-refractivity contribution in [3.63, 3.8) is 0 Å². The SMILES string of the molecule is NC(=O)CCC[C@H](N)c1noc(CNC(=O)N[C@@H](Cc2ccccc2)C(=O)O)n1. The van der Waals surface area contributed by atoms with E-state index in [1.807, 2.05) is 6.07 Å². The van der Waals surface area contributed by atoms with Crippen molar-refractivity contribution in [2.75, 3.05) is 0 Å². The van der Waals surface area contributed by atoms with E-state index < -0.39 is 30.0 Å². The van der Waals surface area contributed by atoms with E-state index in [9.17, 15) is 19.5 Å². The summed E-state index contributed by atoms with van der Waals surface area (Å²) >= 11 is 0. The third-order valence-corrected chi connectivity index (χ3v) is 4.04. The van der Waals surface area contributed by atoms with Crippen LogP contribution in [0.2, 0.25) is 0 Å². The van der Waals surface area contributed by atoms with Crippen LogP contribution in [-0.2, 0) is 22.6 Å². The van der Waals surface area contributed by atoms with Gasteiger partial charge in [-0.3, -0.25) is 4.79 Å². The number of nitrogens with two attached hydrogens (primary N) is 2. The van der Waals surface area contributed by atoms with Gasteiger partial charge in [0.25, 0.3) is 0 Å². The summed E-state index contributed by atoms with van der Waals surface area (Å²) in [6.07, 6.45) is 1.32. The number of carboxylic acid groups (broad SMARTS) is 1. The number of primary amides is 1. The Morgan fingerprint density at radius 1 is 1.21 bits per heavy atom. The fourth-order valence-electron chi connectivity index (χ4n) is 2.53. The summed E-state index contributed by atoms with van der Waals surface area (Å²) in [5.74, 6) is -1.19. The van der Waals surface area contributed by atoms with Crippen molar-refractivity contribution in [2.24, 2.45) is 11.5 Å². The van der Waals surface area contributed by atoms with Gasteiger partial charge in [-0.1, -0.05) is 35.5 Å². The summed E-state index contributed by atoms with van der Waals surface area (Å²) in [6.45, 7) is -0.0927. The smallest absolute Gasteiger partial charge is 0.326 e. The number of nitrogens with zero attached hydrogens (tertiary/aromatic N) is 2. The molecule has 1 heterocycles. The third-order valence-electron chi connectivity index (χ3n) is 4.04. The predicted octanol–water partition coefficient (Wildman–Crippen LogP) is 0.220. The number of carboxylic acids is 1. The number of urea groups is 1. The second-order valence-electron chi connectivity index (χ2n) is 6.42. The van der Waals surface area contributed by atoms with Crippen LogP contribution >= 0.6 is 0 Å². The zero-order valence-electron chi connectivity index (χ0n) is 15.7. The van der Waals surface area contributed by atoms with Crippen molar-refractivity contribution in [3.8, 4) is 0 Å². The van der Waals surface area contributed by atoms with Gasteiger partial charge in [-0.25, -0.2) is 9.59 Å². The van der Waals surface area contributed by atoms with Crippen molar-refractivity contribution >= 4 is 17.9 Å². The lowest BCUT2D eigenvalue weighted by Gasteiger charge is -2.14. The van der Waals surface area contributed by atoms with Gasteiger partial charge in [0.05, 0.1) is 12.6 Å². The minimum atomic E-state index is -1.15. The van der Waals surface area contributed by atoms with Gasteiger partial charge in [-0.2, -0.15) is 4.98 Å². The molecule has 29 heavy (non-hydrogen) atoms. The number of carbonyl (C=O) groups excluding carboxylic acids is 2. The molecule has 156 valence electrons. The number of amides is 3. The number of nitrogens with one attached hydrogen (secondary N) is 2. The van der Waals surface area contributed by atoms with E-state index in [1.165, 1.54) is 0 Å². The molecule has 1 aromatic carbocycles. The first-order valence-corrected chi connectivity index (χ1v) is 9.02. The Morgan fingerprint density at radius 3 is 2.59 bits per heavy atom. The number of hydrogen-bond acceptors (Lipinski definition) is 7. The summed E-state index contributed by atoms with van der Waals surface area (Å²) in [6, 6.07) is 6.67. The zero-order chi connectivity index (χ0) is 21.2. The van der Waals surface area contributed by atoms with Crippen LogP contribution in [-0.4, -0.2) is 39.2 Å². The van der Waals surface area contributed by atoms with Gasteiger partial charge in [0.2, 0.25) is 11.8 Å². The molecule has 0 unspecified atom stereocenters. The number of hydrogen-bond donors (Lipinski definition) is 5. The molecular weight excluding hydrogens is 380 g/mol. The summed E-state index contributed by atoms with van der Waals surface area (Å²) in [5, 5.41) is 17.9. The standard InChI is InChI=1S/C18H24N6O5/c19-12(7-4-8-14(20)25)16-23-15(29-24-16)10-21-18(28)22-13(17(26)27)9-11-5-2-1-3-6-11/h1-3,5-6,12-13H,4,7-10,19H2,(H2,20,25)(H,26,27)(H2,21,22,28)/t12-,13-/m0/s1. The fourth-order valence-corrected chi connectivity index (χ4v) is 2.53. The fraction of sp³-hybridized carbons (Fsp3) is 0.389. The van der Waals surface area contributed by atoms with Gasteiger partial charge in [-0.05, 0) is 18.4 Å². The molecule has 11 heteroatoms. The van der Waals surface area contributed by atoms with Crippen molar-refractivity contribution in [1.29, 1.82) is 0 Å². The monoisotopic (exact) mass is 404 g/mol. The number of aliphatic carboxylic acids is 1. The molecule has 0 saturated carbocycles. The molecule has 0 bridgehead atoms. The van der Waals surface area contributed by atoms with Gasteiger partial charge in [-0.15, -0.1) is 0 Å². The number of carbonyl (C=O) groups is 3. The Hall–Kier alpha value is -3.47. The average molecular weight is 404 g/mol. The Bertz CT molecular complexity index is 825. The molecule has 2 rings (SSSR count). The maximum absolute atomic E-state index is 12.0. The highest BCUT2D eigenvalue weighted by Crippen LogP contribution is 2.13. The van der Waals surface area contributed by atoms with Crippen LogP contribution in [0.5, 0.6) is 0 Å². The molecular formula is C18H24N6O5. The molecule has 0 aliphatic heterocycles. The summed E-state index contributed by atoms with van der Waals surface area (Å²) in [4.78, 5) is 38.2. The van der Waals surface area contributed by atoms with E-state index in [2.05, 4.69) is 20.8 Å². The van der Waals surface area contributed by atoms with Crippen LogP contribution in [0.3, 0.4) is 0 Å². The highest BCUT2D eigenvalue weighted by Gasteiger charge is 2.21. The highest BCUT2D eigenvalue weighted by atomic mass is 16.5. The first-order chi connectivity index (χ1) is 13.8. The van der Waals surface area contributed by atoms with Gasteiger partial charge in [0.15, 0.2) is 5.82 Å². The summed E-state index contributed by atoms with van der Waals surface area (Å²) in [5.41, 5.74) is 11.8. The lowest BCUT2D eigenvalue weighted by Crippen LogP contribution is -2.46. The van der Waals surface area contributed by atoms with Crippen LogP contribution < -0.4 is 22.1 Å². The number of rotatable bonds is 11. The normalized spacial score (nSPS) is 12.7. The van der Waals surface area contributed by atoms with Crippen LogP contribution in [0.25, 0.3) is 0 Å². The van der Waals surface area contributed by atoms with Crippen molar-refractivity contribution in [3.05, 3.63) is 47.6 Å². The Labute approximate surface area is 166 Å². The van der Waals surface area contributed by atoms with Crippen LogP contribution in [0.1, 0.15) is 42.6 Å². The number of benzene rings is 1.